The van der Waals surface area contributed by atoms with Crippen molar-refractivity contribution in [1.82, 2.24) is 4.31 Å². The van der Waals surface area contributed by atoms with Crippen LogP contribution in [0.2, 0.25) is 0 Å². The van der Waals surface area contributed by atoms with Crippen LogP contribution in [0.15, 0.2) is 60.7 Å². The van der Waals surface area contributed by atoms with Crippen molar-refractivity contribution in [1.29, 1.82) is 0 Å². The van der Waals surface area contributed by atoms with Gasteiger partial charge in [-0.3, -0.25) is 0 Å². The number of morpholine rings is 1. The Morgan fingerprint density at radius 3 is 1.73 bits per heavy atom. The quantitative estimate of drug-likeness (QED) is 0.870. The zero-order chi connectivity index (χ0) is 15.4. The Hall–Kier alpha value is -1.69. The van der Waals surface area contributed by atoms with E-state index in [2.05, 4.69) is 0 Å². The average Bonchev–Trinajstić information content (AvgIpc) is 2.58. The molecule has 0 unspecified atom stereocenters. The Morgan fingerprint density at radius 1 is 0.818 bits per heavy atom. The van der Waals surface area contributed by atoms with Crippen LogP contribution in [0.1, 0.15) is 16.4 Å². The van der Waals surface area contributed by atoms with Crippen LogP contribution in [0.3, 0.4) is 0 Å². The zero-order valence-corrected chi connectivity index (χ0v) is 13.1. The van der Waals surface area contributed by atoms with E-state index in [1.807, 2.05) is 60.7 Å². The molecule has 1 fully saturated rings. The van der Waals surface area contributed by atoms with Gasteiger partial charge in [0.05, 0.1) is 13.2 Å². The van der Waals surface area contributed by atoms with Crippen molar-refractivity contribution in [2.45, 2.75) is 5.25 Å². The van der Waals surface area contributed by atoms with Crippen LogP contribution in [0.5, 0.6) is 0 Å². The minimum Gasteiger partial charge on any atom is -0.379 e. The van der Waals surface area contributed by atoms with Gasteiger partial charge in [0.25, 0.3) is 0 Å². The molecule has 22 heavy (non-hydrogen) atoms. The zero-order valence-electron chi connectivity index (χ0n) is 12.3. The van der Waals surface area contributed by atoms with Crippen molar-refractivity contribution in [3.8, 4) is 0 Å². The monoisotopic (exact) mass is 317 g/mol. The molecule has 116 valence electrons. The molecule has 0 N–H and O–H groups in total. The van der Waals surface area contributed by atoms with Crippen LogP contribution in [-0.4, -0.2) is 39.0 Å². The maximum atomic E-state index is 13.2. The first-order chi connectivity index (χ1) is 10.7. The molecule has 0 aliphatic carbocycles. The second-order valence-corrected chi connectivity index (χ2v) is 7.28. The summed E-state index contributed by atoms with van der Waals surface area (Å²) < 4.78 is 33.1. The van der Waals surface area contributed by atoms with Crippen LogP contribution in [0, 0.1) is 0 Å². The fourth-order valence-corrected chi connectivity index (χ4v) is 4.70. The van der Waals surface area contributed by atoms with Gasteiger partial charge >= 0.3 is 0 Å². The molecular formula is C17H19NO3S. The van der Waals surface area contributed by atoms with Gasteiger partial charge in [-0.15, -0.1) is 0 Å². The lowest BCUT2D eigenvalue weighted by Crippen LogP contribution is -2.43. The van der Waals surface area contributed by atoms with Crippen molar-refractivity contribution in [3.05, 3.63) is 71.8 Å². The molecule has 0 bridgehead atoms. The lowest BCUT2D eigenvalue weighted by Gasteiger charge is -2.30. The highest BCUT2D eigenvalue weighted by molar-refractivity contribution is 7.89. The van der Waals surface area contributed by atoms with Gasteiger partial charge < -0.3 is 4.74 Å². The van der Waals surface area contributed by atoms with E-state index in [9.17, 15) is 8.42 Å². The Balaban J connectivity index is 2.05. The number of hydrogen-bond acceptors (Lipinski definition) is 3. The van der Waals surface area contributed by atoms with E-state index in [0.29, 0.717) is 26.3 Å². The largest absolute Gasteiger partial charge is 0.379 e. The van der Waals surface area contributed by atoms with Gasteiger partial charge in [0, 0.05) is 13.1 Å². The van der Waals surface area contributed by atoms with Crippen molar-refractivity contribution in [2.24, 2.45) is 0 Å². The molecule has 0 radical (unpaired) electrons. The van der Waals surface area contributed by atoms with E-state index in [0.717, 1.165) is 11.1 Å². The van der Waals surface area contributed by atoms with Crippen LogP contribution in [-0.2, 0) is 14.8 Å². The molecular weight excluding hydrogens is 298 g/mol. The summed E-state index contributed by atoms with van der Waals surface area (Å²) in [5.41, 5.74) is 1.58. The Labute approximate surface area is 131 Å². The molecule has 2 aromatic rings. The molecule has 1 heterocycles. The van der Waals surface area contributed by atoms with Gasteiger partial charge in [-0.05, 0) is 11.1 Å². The summed E-state index contributed by atoms with van der Waals surface area (Å²) in [5.74, 6) is 0. The van der Waals surface area contributed by atoms with E-state index < -0.39 is 15.3 Å². The summed E-state index contributed by atoms with van der Waals surface area (Å²) in [7, 11) is -3.48. The van der Waals surface area contributed by atoms with Gasteiger partial charge in [-0.1, -0.05) is 60.7 Å². The van der Waals surface area contributed by atoms with Crippen LogP contribution < -0.4 is 0 Å². The number of ether oxygens (including phenoxy) is 1. The smallest absolute Gasteiger partial charge is 0.225 e. The highest BCUT2D eigenvalue weighted by Crippen LogP contribution is 2.32. The predicted octanol–water partition coefficient (Wildman–Crippen LogP) is 2.44. The fraction of sp³-hybridized carbons (Fsp3) is 0.294. The van der Waals surface area contributed by atoms with Gasteiger partial charge in [0.2, 0.25) is 10.0 Å². The third kappa shape index (κ3) is 3.06. The average molecular weight is 317 g/mol. The summed E-state index contributed by atoms with van der Waals surface area (Å²) in [6.07, 6.45) is 0. The third-order valence-corrected chi connectivity index (χ3v) is 6.06. The second kappa shape index (κ2) is 6.60. The van der Waals surface area contributed by atoms with E-state index in [1.165, 1.54) is 0 Å². The topological polar surface area (TPSA) is 46.6 Å². The first kappa shape index (κ1) is 15.2. The lowest BCUT2D eigenvalue weighted by molar-refractivity contribution is 0.0727. The Morgan fingerprint density at radius 2 is 1.27 bits per heavy atom. The first-order valence-electron chi connectivity index (χ1n) is 7.36. The lowest BCUT2D eigenvalue weighted by atomic mass is 10.0. The summed E-state index contributed by atoms with van der Waals surface area (Å²) in [6.45, 7) is 1.74. The van der Waals surface area contributed by atoms with E-state index in [-0.39, 0.29) is 0 Å². The molecule has 1 saturated heterocycles. The highest BCUT2D eigenvalue weighted by atomic mass is 32.2. The molecule has 2 aromatic carbocycles. The van der Waals surface area contributed by atoms with Crippen LogP contribution in [0.4, 0.5) is 0 Å². The molecule has 0 aromatic heterocycles. The highest BCUT2D eigenvalue weighted by Gasteiger charge is 2.35. The summed E-state index contributed by atoms with van der Waals surface area (Å²) in [4.78, 5) is 0. The number of nitrogens with zero attached hydrogens (tertiary/aromatic N) is 1. The number of sulfonamides is 1. The molecule has 0 atom stereocenters. The van der Waals surface area contributed by atoms with Crippen molar-refractivity contribution in [2.75, 3.05) is 26.3 Å². The van der Waals surface area contributed by atoms with Gasteiger partial charge in [0.1, 0.15) is 5.25 Å². The summed E-state index contributed by atoms with van der Waals surface area (Å²) in [6, 6.07) is 18.8. The van der Waals surface area contributed by atoms with Crippen molar-refractivity contribution >= 4 is 10.0 Å². The second-order valence-electron chi connectivity index (χ2n) is 5.26. The van der Waals surface area contributed by atoms with E-state index in [4.69, 9.17) is 4.74 Å². The summed E-state index contributed by atoms with van der Waals surface area (Å²) in [5, 5.41) is -0.673. The molecule has 4 nitrogen and oxygen atoms in total. The van der Waals surface area contributed by atoms with Crippen molar-refractivity contribution < 1.29 is 13.2 Å². The number of benzene rings is 2. The molecule has 1 aliphatic heterocycles. The Kier molecular flexibility index (Phi) is 4.57. The number of hydrogen-bond donors (Lipinski definition) is 0. The van der Waals surface area contributed by atoms with E-state index >= 15 is 0 Å². The third-order valence-electron chi connectivity index (χ3n) is 3.83. The van der Waals surface area contributed by atoms with Gasteiger partial charge in [-0.2, -0.15) is 4.31 Å². The van der Waals surface area contributed by atoms with Crippen LogP contribution in [0.25, 0.3) is 0 Å². The van der Waals surface area contributed by atoms with Crippen LogP contribution >= 0.6 is 0 Å². The first-order valence-corrected chi connectivity index (χ1v) is 8.86. The molecule has 0 saturated carbocycles. The minimum atomic E-state index is -3.48. The van der Waals surface area contributed by atoms with Gasteiger partial charge in [0.15, 0.2) is 0 Å². The standard InChI is InChI=1S/C17H19NO3S/c19-22(20,18-11-13-21-14-12-18)17(15-7-3-1-4-8-15)16-9-5-2-6-10-16/h1-10,17H,11-14H2. The Bertz CT molecular complexity index is 656. The molecule has 5 heteroatoms. The molecule has 0 spiro atoms. The number of rotatable bonds is 4. The van der Waals surface area contributed by atoms with Gasteiger partial charge in [-0.25, -0.2) is 8.42 Å². The maximum absolute atomic E-state index is 13.2. The molecule has 3 rings (SSSR count). The molecule has 0 amide bonds. The molecule has 1 aliphatic rings. The van der Waals surface area contributed by atoms with E-state index in [1.54, 1.807) is 4.31 Å². The SMILES string of the molecule is O=S(=O)(C(c1ccccc1)c1ccccc1)N1CCOCC1. The maximum Gasteiger partial charge on any atom is 0.225 e. The van der Waals surface area contributed by atoms with Crippen molar-refractivity contribution in [3.63, 3.8) is 0 Å². The fourth-order valence-electron chi connectivity index (χ4n) is 2.74. The minimum absolute atomic E-state index is 0.415. The summed E-state index contributed by atoms with van der Waals surface area (Å²) >= 11 is 0. The normalized spacial score (nSPS) is 16.8. The predicted molar refractivity (Wildman–Crippen MR) is 86.0 cm³/mol.